The fourth-order valence-corrected chi connectivity index (χ4v) is 8.31. The van der Waals surface area contributed by atoms with Gasteiger partial charge in [0.2, 0.25) is 5.95 Å². The van der Waals surface area contributed by atoms with Gasteiger partial charge in [0.1, 0.15) is 11.3 Å². The van der Waals surface area contributed by atoms with E-state index in [1.165, 1.54) is 18.2 Å². The van der Waals surface area contributed by atoms with Crippen molar-refractivity contribution < 1.29 is 9.53 Å². The average molecular weight is 560 g/mol. The highest BCUT2D eigenvalue weighted by Gasteiger charge is 2.61. The van der Waals surface area contributed by atoms with E-state index in [-0.39, 0.29) is 5.91 Å². The molecule has 2 saturated carbocycles. The van der Waals surface area contributed by atoms with E-state index in [9.17, 15) is 4.79 Å². The molecule has 9 heteroatoms. The summed E-state index contributed by atoms with van der Waals surface area (Å²) in [6, 6.07) is 16.8. The van der Waals surface area contributed by atoms with E-state index in [0.717, 1.165) is 72.0 Å². The van der Waals surface area contributed by atoms with Gasteiger partial charge in [0.15, 0.2) is 5.82 Å². The van der Waals surface area contributed by atoms with Crippen LogP contribution in [0.15, 0.2) is 60.9 Å². The summed E-state index contributed by atoms with van der Waals surface area (Å²) in [6.07, 6.45) is 6.04. The summed E-state index contributed by atoms with van der Waals surface area (Å²) in [5, 5.41) is 1.18. The molecule has 4 atom stereocenters. The minimum Gasteiger partial charge on any atom is -0.494 e. The van der Waals surface area contributed by atoms with Crippen LogP contribution in [0.3, 0.4) is 0 Å². The Bertz CT molecular complexity index is 1870. The molecule has 5 heterocycles. The molecule has 42 heavy (non-hydrogen) atoms. The molecule has 2 aromatic carbocycles. The number of nitrogens with zero attached hydrogens (tertiary/aromatic N) is 7. The third kappa shape index (κ3) is 3.36. The summed E-state index contributed by atoms with van der Waals surface area (Å²) in [6.45, 7) is 3.41. The van der Waals surface area contributed by atoms with Crippen molar-refractivity contribution in [2.24, 2.45) is 30.7 Å². The second kappa shape index (κ2) is 8.80. The van der Waals surface area contributed by atoms with Crippen molar-refractivity contribution in [1.82, 2.24) is 29.0 Å². The van der Waals surface area contributed by atoms with E-state index in [1.807, 2.05) is 18.2 Å². The Hall–Kier alpha value is -4.40. The number of para-hydroxylation sites is 1. The second-order valence-corrected chi connectivity index (χ2v) is 12.7. The van der Waals surface area contributed by atoms with Crippen molar-refractivity contribution in [2.75, 3.05) is 31.6 Å². The highest BCUT2D eigenvalue weighted by Crippen LogP contribution is 2.60. The van der Waals surface area contributed by atoms with Crippen LogP contribution in [0.4, 0.5) is 5.95 Å². The number of anilines is 1. The standard InChI is InChI=1S/C33H33N7O2/c1-37-25-7-4-3-6-20(25)12-27(37)31-36-24-11-22(32(41)39-18-23-10-21-13-26(39)29(21)23)14-28(42-2)30(24)40(31)17-19-15-38(16-19)33-34-8-5-9-35-33/h3-9,11-12,14,19,21,23,26,29H,10,13,15-18H2,1-2H3/t21?,23?,26?,29-/m1/s1. The van der Waals surface area contributed by atoms with Crippen molar-refractivity contribution in [3.8, 4) is 17.3 Å². The first-order chi connectivity index (χ1) is 20.6. The number of benzene rings is 2. The summed E-state index contributed by atoms with van der Waals surface area (Å²) in [5.41, 5.74) is 4.62. The van der Waals surface area contributed by atoms with E-state index >= 15 is 0 Å². The minimum absolute atomic E-state index is 0.117. The lowest BCUT2D eigenvalue weighted by Crippen LogP contribution is -2.53. The number of aromatic nitrogens is 5. The zero-order valence-electron chi connectivity index (χ0n) is 23.8. The summed E-state index contributed by atoms with van der Waals surface area (Å²) in [5.74, 6) is 5.16. The number of methoxy groups -OCH3 is 1. The molecule has 9 nitrogen and oxygen atoms in total. The van der Waals surface area contributed by atoms with Gasteiger partial charge in [-0.25, -0.2) is 15.0 Å². The minimum atomic E-state index is 0.117. The molecule has 0 spiro atoms. The molecule has 1 amide bonds. The maximum Gasteiger partial charge on any atom is 0.254 e. The number of rotatable bonds is 6. The highest BCUT2D eigenvalue weighted by molar-refractivity contribution is 6.00. The molecule has 5 aromatic rings. The lowest BCUT2D eigenvalue weighted by molar-refractivity contribution is -0.0204. The van der Waals surface area contributed by atoms with Crippen molar-refractivity contribution >= 4 is 33.8 Å². The van der Waals surface area contributed by atoms with Crippen LogP contribution in [0.2, 0.25) is 0 Å². The number of hydrogen-bond donors (Lipinski definition) is 0. The third-order valence-electron chi connectivity index (χ3n) is 10.5. The van der Waals surface area contributed by atoms with Crippen LogP contribution < -0.4 is 9.64 Å². The Kier molecular flexibility index (Phi) is 5.08. The molecule has 3 unspecified atom stereocenters. The number of ether oxygens (including phenoxy) is 1. The maximum absolute atomic E-state index is 13.9. The van der Waals surface area contributed by atoms with Crippen molar-refractivity contribution in [2.45, 2.75) is 25.4 Å². The first kappa shape index (κ1) is 24.2. The van der Waals surface area contributed by atoms with Gasteiger partial charge >= 0.3 is 0 Å². The van der Waals surface area contributed by atoms with Crippen LogP contribution >= 0.6 is 0 Å². The topological polar surface area (TPSA) is 81.3 Å². The Morgan fingerprint density at radius 1 is 1.00 bits per heavy atom. The smallest absolute Gasteiger partial charge is 0.254 e. The van der Waals surface area contributed by atoms with Crippen LogP contribution in [0.1, 0.15) is 23.2 Å². The predicted molar refractivity (Wildman–Crippen MR) is 160 cm³/mol. The first-order valence-electron chi connectivity index (χ1n) is 15.0. The molecule has 4 fully saturated rings. The third-order valence-corrected chi connectivity index (χ3v) is 10.5. The van der Waals surface area contributed by atoms with Gasteiger partial charge < -0.3 is 23.7 Å². The number of aryl methyl sites for hydroxylation is 1. The lowest BCUT2D eigenvalue weighted by atomic mass is 9.53. The molecular weight excluding hydrogens is 526 g/mol. The fourth-order valence-electron chi connectivity index (χ4n) is 8.31. The molecule has 0 radical (unpaired) electrons. The molecule has 9 rings (SSSR count). The maximum atomic E-state index is 13.9. The number of fused-ring (bicyclic) bond motifs is 2. The van der Waals surface area contributed by atoms with Crippen LogP contribution in [0, 0.1) is 23.7 Å². The zero-order valence-corrected chi connectivity index (χ0v) is 23.8. The number of likely N-dealkylation sites (tertiary alicyclic amines) is 1. The molecule has 0 bridgehead atoms. The summed E-state index contributed by atoms with van der Waals surface area (Å²) in [4.78, 5) is 32.3. The normalized spacial score (nSPS) is 24.4. The van der Waals surface area contributed by atoms with Crippen molar-refractivity contribution in [1.29, 1.82) is 0 Å². The quantitative estimate of drug-likeness (QED) is 0.302. The Labute approximate surface area is 243 Å². The van der Waals surface area contributed by atoms with Gasteiger partial charge in [0.05, 0.1) is 18.3 Å². The number of carbonyl (C=O) groups excluding carboxylic acids is 1. The number of imidazole rings is 1. The highest BCUT2D eigenvalue weighted by atomic mass is 16.5. The molecule has 0 N–H and O–H groups in total. The molecule has 212 valence electrons. The predicted octanol–water partition coefficient (Wildman–Crippen LogP) is 4.61. The second-order valence-electron chi connectivity index (χ2n) is 12.7. The van der Waals surface area contributed by atoms with Crippen LogP contribution in [0.5, 0.6) is 5.75 Å². The van der Waals surface area contributed by atoms with Gasteiger partial charge in [-0.2, -0.15) is 0 Å². The first-order valence-corrected chi connectivity index (χ1v) is 15.0. The monoisotopic (exact) mass is 559 g/mol. The van der Waals surface area contributed by atoms with Gasteiger partial charge in [-0.15, -0.1) is 0 Å². The van der Waals surface area contributed by atoms with Gasteiger partial charge in [-0.05, 0) is 60.9 Å². The number of hydrogen-bond acceptors (Lipinski definition) is 6. The SMILES string of the molecule is COc1cc(C(=O)N2CC3CC4CC2[C@H]43)cc2nc(-c3cc4ccccc4n3C)n(CC3CN(c4ncccn4)C3)c12. The fraction of sp³-hybridized carbons (Fsp3) is 0.394. The summed E-state index contributed by atoms with van der Waals surface area (Å²) >= 11 is 0. The molecule has 2 aliphatic carbocycles. The van der Waals surface area contributed by atoms with Gasteiger partial charge in [-0.1, -0.05) is 18.2 Å². The van der Waals surface area contributed by atoms with E-state index < -0.39 is 0 Å². The molecule has 4 aliphatic rings. The molecule has 2 aliphatic heterocycles. The van der Waals surface area contributed by atoms with Crippen LogP contribution in [0.25, 0.3) is 33.5 Å². The Morgan fingerprint density at radius 3 is 2.60 bits per heavy atom. The van der Waals surface area contributed by atoms with Crippen molar-refractivity contribution in [3.05, 3.63) is 66.5 Å². The van der Waals surface area contributed by atoms with Crippen LogP contribution in [-0.2, 0) is 13.6 Å². The Balaban J connectivity index is 1.13. The van der Waals surface area contributed by atoms with Gasteiger partial charge in [-0.3, -0.25) is 4.79 Å². The van der Waals surface area contributed by atoms with E-state index in [0.29, 0.717) is 29.2 Å². The Morgan fingerprint density at radius 2 is 1.83 bits per heavy atom. The van der Waals surface area contributed by atoms with E-state index in [2.05, 4.69) is 66.3 Å². The summed E-state index contributed by atoms with van der Waals surface area (Å²) < 4.78 is 10.5. The van der Waals surface area contributed by atoms with Crippen molar-refractivity contribution in [3.63, 3.8) is 0 Å². The van der Waals surface area contributed by atoms with Crippen LogP contribution in [-0.4, -0.2) is 67.7 Å². The van der Waals surface area contributed by atoms with E-state index in [4.69, 9.17) is 9.72 Å². The lowest BCUT2D eigenvalue weighted by Gasteiger charge is -2.52. The zero-order chi connectivity index (χ0) is 28.1. The average Bonchev–Trinajstić information content (AvgIpc) is 3.51. The number of amides is 1. The van der Waals surface area contributed by atoms with Gasteiger partial charge in [0.25, 0.3) is 5.91 Å². The molecule has 3 aromatic heterocycles. The molecule has 2 saturated heterocycles. The van der Waals surface area contributed by atoms with E-state index in [1.54, 1.807) is 19.5 Å². The molecular formula is C33H33N7O2. The summed E-state index contributed by atoms with van der Waals surface area (Å²) in [7, 11) is 3.79. The largest absolute Gasteiger partial charge is 0.494 e. The number of carbonyl (C=O) groups is 1. The van der Waals surface area contributed by atoms with Gasteiger partial charge in [0, 0.05) is 74.0 Å².